The predicted molar refractivity (Wildman–Crippen MR) is 582 cm³/mol. The van der Waals surface area contributed by atoms with Crippen LogP contribution in [-0.2, 0) is 49.5 Å². The van der Waals surface area contributed by atoms with Gasteiger partial charge in [0.25, 0.3) is 0 Å². The Labute approximate surface area is 971 Å². The molecule has 12 aromatic carbocycles. The first-order valence-corrected chi connectivity index (χ1v) is 50.2. The zero-order valence-corrected chi connectivity index (χ0v) is 91.7. The number of aromatic nitrogens is 24. The molecule has 0 radical (unpaired) electrons. The minimum atomic E-state index is 0. The molecule has 147 heavy (non-hydrogen) atoms. The second kappa shape index (κ2) is 39.1. The Kier molecular flexibility index (Phi) is 27.3. The van der Waals surface area contributed by atoms with Gasteiger partial charge in [-0.2, -0.15) is 0 Å². The fraction of sp³-hybridized carbons (Fsp3) is 0. The van der Waals surface area contributed by atoms with Gasteiger partial charge in [-0.05, 0) is 189 Å². The maximum absolute atomic E-state index is 6.74. The zero-order valence-electron chi connectivity index (χ0n) is 70.6. The fourth-order valence-electron chi connectivity index (χ4n) is 17.2. The van der Waals surface area contributed by atoms with Crippen molar-refractivity contribution in [1.82, 2.24) is 120 Å². The Morgan fingerprint density at radius 3 is 0.395 bits per heavy atom. The number of halogens is 24. The van der Waals surface area contributed by atoms with Crippen LogP contribution in [-0.4, -0.2) is 89.7 Å². The van der Waals surface area contributed by atoms with Crippen molar-refractivity contribution < 1.29 is 49.5 Å². The normalized spacial score (nSPS) is 11.9. The Morgan fingerprint density at radius 1 is 0.122 bits per heavy atom. The van der Waals surface area contributed by atoms with E-state index in [0.29, 0.717) is 252 Å². The summed E-state index contributed by atoms with van der Waals surface area (Å²) < 4.78 is 0. The van der Waals surface area contributed by atoms with Crippen molar-refractivity contribution in [1.29, 1.82) is 0 Å². The third-order valence-corrected chi connectivity index (χ3v) is 31.8. The molecular weight excluding hydrogens is 2520 g/mol. The van der Waals surface area contributed by atoms with Gasteiger partial charge in [0.1, 0.15) is 0 Å². The number of fused-ring (bicyclic) bond motifs is 60. The molecule has 27 rings (SSSR count). The van der Waals surface area contributed by atoms with Crippen LogP contribution in [0.1, 0.15) is 0 Å². The van der Waals surface area contributed by atoms with E-state index < -0.39 is 0 Å². The molecule has 0 atom stereocenters. The third kappa shape index (κ3) is 17.2. The maximum atomic E-state index is 6.74. The fourth-order valence-corrected chi connectivity index (χ4v) is 22.1. The molecule has 21 aromatic rings. The van der Waals surface area contributed by atoms with Crippen molar-refractivity contribution in [2.45, 2.75) is 0 Å². The van der Waals surface area contributed by atoms with Crippen molar-refractivity contribution in [2.75, 3.05) is 0 Å². The molecule has 6 aliphatic rings. The smallest absolute Gasteiger partial charge is 0.357 e. The average molecular weight is 2540 g/mol. The van der Waals surface area contributed by atoms with Crippen molar-refractivity contribution >= 4 is 411 Å². The molecule has 6 aliphatic heterocycles. The third-order valence-electron chi connectivity index (χ3n) is 23.6. The summed E-state index contributed by atoms with van der Waals surface area (Å²) in [5.74, 6) is 2.59. The molecule has 0 N–H and O–H groups in total. The van der Waals surface area contributed by atoms with Gasteiger partial charge in [-0.3, -0.25) is 0 Å². The minimum absolute atomic E-state index is 0. The van der Waals surface area contributed by atoms with Crippen LogP contribution < -0.4 is 29.9 Å². The summed E-state index contributed by atoms with van der Waals surface area (Å²) in [5.41, 5.74) is 8.56. The molecule has 0 saturated heterocycles. The molecule has 0 unspecified atom stereocenters. The molecule has 0 fully saturated rings. The van der Waals surface area contributed by atoms with Gasteiger partial charge in [-0.25, -0.2) is 29.9 Å². The minimum Gasteiger partial charge on any atom is -0.357 e. The molecule has 24 bridgehead atoms. The Balaban J connectivity index is 0.000000124. The molecule has 51 heteroatoms. The van der Waals surface area contributed by atoms with E-state index in [1.54, 1.807) is 146 Å². The van der Waals surface area contributed by atoms with Gasteiger partial charge in [0.2, 0.25) is 0 Å². The monoisotopic (exact) mass is 2530 g/mol. The van der Waals surface area contributed by atoms with Crippen LogP contribution in [0.5, 0.6) is 0 Å². The van der Waals surface area contributed by atoms with E-state index in [-0.39, 0.29) is 187 Å². The second-order valence-electron chi connectivity index (χ2n) is 32.0. The van der Waals surface area contributed by atoms with E-state index in [1.807, 2.05) is 0 Å². The molecule has 15 heterocycles. The molecule has 24 nitrogen and oxygen atoms in total. The summed E-state index contributed by atoms with van der Waals surface area (Å²) in [5, 5.41) is 13.8. The zero-order chi connectivity index (χ0) is 99.5. The van der Waals surface area contributed by atoms with E-state index in [2.05, 4.69) is 0 Å². The summed E-state index contributed by atoms with van der Waals surface area (Å²) in [6, 6.07) is 39.7. The van der Waals surface area contributed by atoms with Crippen molar-refractivity contribution in [3.63, 3.8) is 0 Å². The number of nitrogens with zero attached hydrogens (tertiary/aromatic N) is 24. The quantitative estimate of drug-likeness (QED) is 0.127. The Morgan fingerprint density at radius 2 is 0.238 bits per heavy atom. The molecule has 0 saturated carbocycles. The number of benzene rings is 12. The van der Waals surface area contributed by atoms with Gasteiger partial charge in [-0.15, -0.1) is 0 Å². The van der Waals surface area contributed by atoms with Crippen LogP contribution in [0.15, 0.2) is 146 Å². The molecule has 0 aliphatic carbocycles. The molecule has 0 spiro atoms. The van der Waals surface area contributed by atoms with E-state index in [1.165, 1.54) is 0 Å². The molecule has 9 aromatic heterocycles. The van der Waals surface area contributed by atoms with Crippen LogP contribution in [0.3, 0.4) is 0 Å². The van der Waals surface area contributed by atoms with Crippen LogP contribution in [0, 0.1) is 0 Å². The summed E-state index contributed by atoms with van der Waals surface area (Å²) in [4.78, 5) is 115. The summed E-state index contributed by atoms with van der Waals surface area (Å²) in [6.07, 6.45) is 0. The van der Waals surface area contributed by atoms with E-state index >= 15 is 0 Å². The summed E-state index contributed by atoms with van der Waals surface area (Å²) in [7, 11) is 0. The summed E-state index contributed by atoms with van der Waals surface area (Å²) >= 11 is 159. The molecule has 726 valence electrons. The van der Waals surface area contributed by atoms with E-state index in [0.717, 1.165) is 0 Å². The number of hydrogen-bond acceptors (Lipinski definition) is 18. The Hall–Kier alpha value is -8.84. The number of rotatable bonds is 0. The first kappa shape index (κ1) is 103. The van der Waals surface area contributed by atoms with Gasteiger partial charge >= 0.3 is 49.5 Å². The van der Waals surface area contributed by atoms with Crippen molar-refractivity contribution in [3.8, 4) is 137 Å². The SMILES string of the molecule is Clc1cc2c(cc1Cl)-c1nc-2nc2[n-]c(nc3nc(nc4[n-]c(n1)c1cc(Cl)c(Cl)cc41)-c1cc(Cl)c(Cl)cc1-3)c1cc(Cl)c(Cl)cc21.Clc1cc2c3nc4nc(nc5[n-]c(nc6nc(nc([n-]3)c2cc1Cl)-c1c(Cl)ccc(Cl)c1-6)c1cc(Cl)c(Cl)cc51)-c1c(Cl)ccc(Cl)c1-4.Clc1ccc(Cl)c2c1-c1nc-2nc2[n-]c(nc3nc(nc4[n-]c(n1)c1c(Cl)ccc(Cl)c41)-c1c(Cl)ccc(Cl)c1-3)c1c(Cl)ccc(Cl)c21.[Ni+2].[Ni+2].[Ni+2]. The van der Waals surface area contributed by atoms with Crippen LogP contribution in [0.2, 0.25) is 121 Å². The maximum Gasteiger partial charge on any atom is 2.00 e. The second-order valence-corrected chi connectivity index (χ2v) is 41.8. The van der Waals surface area contributed by atoms with Gasteiger partial charge in [-0.1, -0.05) is 278 Å². The van der Waals surface area contributed by atoms with E-state index in [4.69, 9.17) is 398 Å². The van der Waals surface area contributed by atoms with Crippen LogP contribution in [0.25, 0.3) is 269 Å². The largest absolute Gasteiger partial charge is 2.00 e. The average Bonchev–Trinajstić information content (AvgIpc) is 1.64. The topological polar surface area (TPSA) is 317 Å². The number of hydrogen-bond donors (Lipinski definition) is 0. The first-order valence-electron chi connectivity index (χ1n) is 41.2. The van der Waals surface area contributed by atoms with Gasteiger partial charge in [0.15, 0.2) is 0 Å². The molecule has 0 amide bonds. The van der Waals surface area contributed by atoms with Gasteiger partial charge < -0.3 is 89.7 Å². The van der Waals surface area contributed by atoms with Crippen molar-refractivity contribution in [2.24, 2.45) is 0 Å². The first-order chi connectivity index (χ1) is 69.1. The van der Waals surface area contributed by atoms with Gasteiger partial charge in [0.05, 0.1) is 170 Å². The molecular formula is C96H24Cl24N24Ni3. The Bertz CT molecular complexity index is 9110. The standard InChI is InChI=1S/3C32H8Cl8N8.3Ni/c33-17-1-9-10(2-18(17)34)26-41-25(9)45-27-11-3-19(35)20(36)4-12(11)29(42-27)47-31-15-7-23(39)24(40)8-16(15)32(44-31)48-30-14-6-22(38)21(37)5-13(14)28(43-30)46-26;33-13-1-2-14(34)22-21(13)29-43-25-9-5-17(37)18(38)6-10(9)27(41-25)45-31-23-15(35)3-4-16(36)24(23)32(48-31)46-28-12-8-20(40)19(39)7-11(12)26(42-28)44-30(22)47-29;33-9-1-2-10(34)18-17(9)25-41-26(18)46-28-21-13(37)5-6-14(38)22(21)30(43-28)48-32-24-16(40)8-7-15(39)23(24)31(44-32)47-29-20-12(36)4-3-11(35)19(20)27(42-29)45-25;;;/h3*1-8H;;;/q3*-2;3*+2. The van der Waals surface area contributed by atoms with Crippen molar-refractivity contribution in [3.05, 3.63) is 266 Å². The van der Waals surface area contributed by atoms with Crippen LogP contribution >= 0.6 is 278 Å². The predicted octanol–water partition coefficient (Wildman–Crippen LogP) is 34.1. The van der Waals surface area contributed by atoms with E-state index in [9.17, 15) is 0 Å². The summed E-state index contributed by atoms with van der Waals surface area (Å²) in [6.45, 7) is 0. The van der Waals surface area contributed by atoms with Crippen LogP contribution in [0.4, 0.5) is 0 Å². The van der Waals surface area contributed by atoms with Gasteiger partial charge in [0, 0.05) is 176 Å².